The molecule has 0 spiro atoms. The van der Waals surface area contributed by atoms with Gasteiger partial charge in [0.25, 0.3) is 0 Å². The second kappa shape index (κ2) is 16.1. The number of ether oxygens (including phenoxy) is 6. The second-order valence-electron chi connectivity index (χ2n) is 9.70. The molecule has 0 radical (unpaired) electrons. The van der Waals surface area contributed by atoms with Crippen molar-refractivity contribution in [3.63, 3.8) is 0 Å². The third-order valence-electron chi connectivity index (χ3n) is 4.62. The smallest absolute Gasteiger partial charge is 0.332 e. The molecule has 8 nitrogen and oxygen atoms in total. The van der Waals surface area contributed by atoms with Crippen LogP contribution in [0.1, 0.15) is 41.5 Å². The minimum Gasteiger partial charge on any atom is -0.458 e. The van der Waals surface area contributed by atoms with E-state index in [1.165, 1.54) is 0 Å². The summed E-state index contributed by atoms with van der Waals surface area (Å²) in [6, 6.07) is 0. The van der Waals surface area contributed by atoms with E-state index >= 15 is 0 Å². The molecule has 0 atom stereocenters. The van der Waals surface area contributed by atoms with Gasteiger partial charge in [0, 0.05) is 0 Å². The Labute approximate surface area is 190 Å². The topological polar surface area (TPSA) is 81.7 Å². The molecule has 0 rings (SSSR count). The number of hydrogen-bond acceptors (Lipinski definition) is 8. The van der Waals surface area contributed by atoms with Crippen molar-refractivity contribution in [3.05, 3.63) is 0 Å². The normalized spacial score (nSPS) is 12.9. The quantitative estimate of drug-likeness (QED) is 0.173. The van der Waals surface area contributed by atoms with Gasteiger partial charge in [0.2, 0.25) is 0 Å². The van der Waals surface area contributed by atoms with E-state index in [-0.39, 0.29) is 17.6 Å². The first-order valence-electron chi connectivity index (χ1n) is 11.1. The minimum atomic E-state index is -1.69. The monoisotopic (exact) mass is 466 g/mol. The predicted octanol–water partition coefficient (Wildman–Crippen LogP) is 3.43. The maximum atomic E-state index is 11.4. The van der Waals surface area contributed by atoms with Gasteiger partial charge >= 0.3 is 5.97 Å². The van der Waals surface area contributed by atoms with Gasteiger partial charge in [0.05, 0.1) is 66.1 Å². The highest BCUT2D eigenvalue weighted by Gasteiger charge is 2.36. The largest absolute Gasteiger partial charge is 0.458 e. The van der Waals surface area contributed by atoms with Crippen molar-refractivity contribution < 1.29 is 37.6 Å². The average Bonchev–Trinajstić information content (AvgIpc) is 2.61. The third kappa shape index (κ3) is 18.7. The number of carbonyl (C=O) groups is 1. The van der Waals surface area contributed by atoms with E-state index in [1.807, 2.05) is 20.8 Å². The molecule has 0 amide bonds. The molecule has 0 unspecified atom stereocenters. The Balaban J connectivity index is 3.30. The Morgan fingerprint density at radius 2 is 0.968 bits per heavy atom. The van der Waals surface area contributed by atoms with Gasteiger partial charge < -0.3 is 32.8 Å². The van der Waals surface area contributed by atoms with Crippen LogP contribution in [0.4, 0.5) is 0 Å². The van der Waals surface area contributed by atoms with Gasteiger partial charge in [-0.3, -0.25) is 0 Å². The van der Waals surface area contributed by atoms with Crippen molar-refractivity contribution in [2.24, 2.45) is 0 Å². The first-order chi connectivity index (χ1) is 14.4. The van der Waals surface area contributed by atoms with Crippen molar-refractivity contribution in [3.8, 4) is 0 Å². The Kier molecular flexibility index (Phi) is 15.8. The van der Waals surface area contributed by atoms with E-state index in [0.717, 1.165) is 0 Å². The molecule has 0 saturated heterocycles. The zero-order valence-electron chi connectivity index (χ0n) is 21.0. The lowest BCUT2D eigenvalue weighted by Crippen LogP contribution is -2.41. The molecule has 186 valence electrons. The van der Waals surface area contributed by atoms with Crippen LogP contribution in [0.2, 0.25) is 18.1 Å². The summed E-state index contributed by atoms with van der Waals surface area (Å²) in [6.45, 7) is 21.6. The Hall–Kier alpha value is -0.553. The van der Waals surface area contributed by atoms with Crippen molar-refractivity contribution in [1.82, 2.24) is 0 Å². The van der Waals surface area contributed by atoms with Crippen molar-refractivity contribution in [1.29, 1.82) is 0 Å². The maximum absolute atomic E-state index is 11.4. The fraction of sp³-hybridized carbons (Fsp3) is 0.955. The average molecular weight is 467 g/mol. The van der Waals surface area contributed by atoms with Crippen LogP contribution in [-0.4, -0.2) is 92.6 Å². The van der Waals surface area contributed by atoms with Crippen LogP contribution in [0.25, 0.3) is 0 Å². The summed E-state index contributed by atoms with van der Waals surface area (Å²) in [4.78, 5) is 11.4. The summed E-state index contributed by atoms with van der Waals surface area (Å²) in [6.07, 6.45) is 0. The van der Waals surface area contributed by atoms with Crippen LogP contribution < -0.4 is 0 Å². The van der Waals surface area contributed by atoms with Gasteiger partial charge in [0.1, 0.15) is 12.2 Å². The fourth-order valence-electron chi connectivity index (χ4n) is 1.98. The van der Waals surface area contributed by atoms with Crippen LogP contribution in [0.15, 0.2) is 0 Å². The molecule has 0 bridgehead atoms. The molecule has 0 aliphatic heterocycles. The lowest BCUT2D eigenvalue weighted by molar-refractivity contribution is -0.160. The number of esters is 1. The second-order valence-corrected chi connectivity index (χ2v) is 14.5. The van der Waals surface area contributed by atoms with Crippen LogP contribution in [0.3, 0.4) is 0 Å². The number of carbonyl (C=O) groups excluding carboxylic acids is 1. The van der Waals surface area contributed by atoms with Gasteiger partial charge in [0.15, 0.2) is 8.32 Å². The van der Waals surface area contributed by atoms with Crippen molar-refractivity contribution >= 4 is 14.3 Å². The number of hydrogen-bond donors (Lipinski definition) is 0. The van der Waals surface area contributed by atoms with Crippen molar-refractivity contribution in [2.75, 3.05) is 72.7 Å². The minimum absolute atomic E-state index is 0.0676. The van der Waals surface area contributed by atoms with Crippen molar-refractivity contribution in [2.45, 2.75) is 65.3 Å². The molecule has 0 aromatic carbocycles. The standard InChI is InChI=1S/C22H46O8Si/c1-21(2,3)30-20(23)19-28-16-15-26-12-11-24-9-10-25-13-14-27-17-18-29-31(7,8)22(4,5)6/h9-19H2,1-8H3. The molecule has 0 aromatic heterocycles. The highest BCUT2D eigenvalue weighted by molar-refractivity contribution is 6.74. The number of rotatable bonds is 18. The van der Waals surface area contributed by atoms with Gasteiger partial charge in [-0.25, -0.2) is 4.79 Å². The molecular weight excluding hydrogens is 420 g/mol. The highest BCUT2D eigenvalue weighted by atomic mass is 28.4. The summed E-state index contributed by atoms with van der Waals surface area (Å²) >= 11 is 0. The zero-order valence-corrected chi connectivity index (χ0v) is 22.0. The zero-order chi connectivity index (χ0) is 23.8. The molecule has 0 fully saturated rings. The molecule has 0 heterocycles. The van der Waals surface area contributed by atoms with E-state index in [9.17, 15) is 4.79 Å². The van der Waals surface area contributed by atoms with E-state index in [2.05, 4.69) is 33.9 Å². The molecule has 31 heavy (non-hydrogen) atoms. The predicted molar refractivity (Wildman–Crippen MR) is 123 cm³/mol. The van der Waals surface area contributed by atoms with E-state index < -0.39 is 13.9 Å². The Morgan fingerprint density at radius 1 is 0.613 bits per heavy atom. The van der Waals surface area contributed by atoms with Crippen LogP contribution in [-0.2, 0) is 37.6 Å². The van der Waals surface area contributed by atoms with Crippen LogP contribution in [0, 0.1) is 0 Å². The Morgan fingerprint density at radius 3 is 1.32 bits per heavy atom. The lowest BCUT2D eigenvalue weighted by atomic mass is 10.2. The summed E-state index contributed by atoms with van der Waals surface area (Å²) in [5.74, 6) is -0.374. The SMILES string of the molecule is CC(C)(C)OC(=O)COCCOCCOCCOCCOCCO[Si](C)(C)C(C)(C)C. The highest BCUT2D eigenvalue weighted by Crippen LogP contribution is 2.36. The van der Waals surface area contributed by atoms with Gasteiger partial charge in [-0.1, -0.05) is 20.8 Å². The van der Waals surface area contributed by atoms with Crippen LogP contribution >= 0.6 is 0 Å². The lowest BCUT2D eigenvalue weighted by Gasteiger charge is -2.36. The summed E-state index contributed by atoms with van der Waals surface area (Å²) in [7, 11) is -1.69. The van der Waals surface area contributed by atoms with Gasteiger partial charge in [-0.2, -0.15) is 0 Å². The summed E-state index contributed by atoms with van der Waals surface area (Å²) < 4.78 is 38.2. The van der Waals surface area contributed by atoms with Gasteiger partial charge in [-0.15, -0.1) is 0 Å². The van der Waals surface area contributed by atoms with E-state index in [1.54, 1.807) is 0 Å². The Bertz CT molecular complexity index is 457. The molecular formula is C22H46O8Si. The maximum Gasteiger partial charge on any atom is 0.332 e. The third-order valence-corrected chi connectivity index (χ3v) is 9.16. The summed E-state index contributed by atoms with van der Waals surface area (Å²) in [5.41, 5.74) is -0.495. The molecule has 0 N–H and O–H groups in total. The molecule has 0 saturated carbocycles. The van der Waals surface area contributed by atoms with Gasteiger partial charge in [-0.05, 0) is 38.9 Å². The molecule has 0 aliphatic carbocycles. The fourth-order valence-corrected chi connectivity index (χ4v) is 3.01. The first kappa shape index (κ1) is 30.4. The molecule has 0 aromatic rings. The molecule has 0 aliphatic rings. The van der Waals surface area contributed by atoms with Crippen LogP contribution in [0.5, 0.6) is 0 Å². The van der Waals surface area contributed by atoms with E-state index in [4.69, 9.17) is 32.8 Å². The first-order valence-corrected chi connectivity index (χ1v) is 14.0. The summed E-state index contributed by atoms with van der Waals surface area (Å²) in [5, 5.41) is 0.219. The van der Waals surface area contributed by atoms with E-state index in [0.29, 0.717) is 66.1 Å². The molecule has 9 heteroatoms.